The number of hydrogen-bond acceptors (Lipinski definition) is 5. The highest BCUT2D eigenvalue weighted by atomic mass is 19.1. The van der Waals surface area contributed by atoms with Crippen LogP contribution in [0.15, 0.2) is 54.6 Å². The molecule has 7 heteroatoms. The zero-order chi connectivity index (χ0) is 20.9. The molecule has 0 saturated carbocycles. The van der Waals surface area contributed by atoms with Gasteiger partial charge >= 0.3 is 12.1 Å². The molecule has 3 rings (SSSR count). The molecule has 0 aliphatic carbocycles. The highest BCUT2D eigenvalue weighted by Gasteiger charge is 2.46. The molecule has 2 atom stereocenters. The summed E-state index contributed by atoms with van der Waals surface area (Å²) in [5, 5.41) is 3.14. The third kappa shape index (κ3) is 4.85. The predicted molar refractivity (Wildman–Crippen MR) is 107 cm³/mol. The Morgan fingerprint density at radius 3 is 2.62 bits per heavy atom. The van der Waals surface area contributed by atoms with Gasteiger partial charge in [0, 0.05) is 24.7 Å². The lowest BCUT2D eigenvalue weighted by Crippen LogP contribution is -2.59. The summed E-state index contributed by atoms with van der Waals surface area (Å²) in [6, 6.07) is 15.1. The van der Waals surface area contributed by atoms with Crippen LogP contribution in [0.25, 0.3) is 0 Å². The van der Waals surface area contributed by atoms with E-state index in [0.29, 0.717) is 25.1 Å². The zero-order valence-corrected chi connectivity index (χ0v) is 16.6. The van der Waals surface area contributed by atoms with Crippen LogP contribution in [0.5, 0.6) is 0 Å². The van der Waals surface area contributed by atoms with Crippen molar-refractivity contribution < 1.29 is 23.5 Å². The highest BCUT2D eigenvalue weighted by Crippen LogP contribution is 2.32. The molecule has 1 amide bonds. The Morgan fingerprint density at radius 2 is 1.97 bits per heavy atom. The number of ether oxygens (including phenoxy) is 2. The van der Waals surface area contributed by atoms with Crippen LogP contribution < -0.4 is 5.32 Å². The van der Waals surface area contributed by atoms with Crippen molar-refractivity contribution in [2.24, 2.45) is 0 Å². The van der Waals surface area contributed by atoms with E-state index in [4.69, 9.17) is 9.47 Å². The van der Waals surface area contributed by atoms with Crippen LogP contribution in [0.4, 0.5) is 14.9 Å². The van der Waals surface area contributed by atoms with Gasteiger partial charge in [-0.05, 0) is 37.1 Å². The summed E-state index contributed by atoms with van der Waals surface area (Å²) in [4.78, 5) is 26.8. The van der Waals surface area contributed by atoms with E-state index >= 15 is 0 Å². The number of nitrogens with one attached hydrogen (secondary N) is 1. The number of esters is 1. The largest absolute Gasteiger partial charge is 0.467 e. The smallest absolute Gasteiger partial charge is 0.410 e. The number of hydrogen-bond donors (Lipinski definition) is 1. The minimum absolute atomic E-state index is 0.187. The predicted octanol–water partition coefficient (Wildman–Crippen LogP) is 3.97. The van der Waals surface area contributed by atoms with Crippen LogP contribution in [-0.4, -0.2) is 42.2 Å². The molecule has 0 unspecified atom stereocenters. The fourth-order valence-corrected chi connectivity index (χ4v) is 3.71. The molecule has 1 N–H and O–H groups in total. The number of halogens is 1. The molecular formula is C22H25FN2O4. The van der Waals surface area contributed by atoms with Crippen molar-refractivity contribution in [1.29, 1.82) is 0 Å². The summed E-state index contributed by atoms with van der Waals surface area (Å²) in [5.74, 6) is -0.837. The van der Waals surface area contributed by atoms with E-state index < -0.39 is 23.4 Å². The summed E-state index contributed by atoms with van der Waals surface area (Å²) in [6.07, 6.45) is 0.211. The van der Waals surface area contributed by atoms with Crippen LogP contribution >= 0.6 is 0 Å². The number of carbonyl (C=O) groups excluding carboxylic acids is 2. The molecule has 6 nitrogen and oxygen atoms in total. The molecule has 0 spiro atoms. The van der Waals surface area contributed by atoms with Crippen molar-refractivity contribution in [3.8, 4) is 0 Å². The number of amides is 1. The summed E-state index contributed by atoms with van der Waals surface area (Å²) >= 11 is 0. The number of benzene rings is 2. The lowest BCUT2D eigenvalue weighted by molar-refractivity contribution is -0.148. The number of methoxy groups -OCH3 is 1. The van der Waals surface area contributed by atoms with Gasteiger partial charge < -0.3 is 19.7 Å². The number of likely N-dealkylation sites (tertiary alicyclic amines) is 1. The van der Waals surface area contributed by atoms with Crippen molar-refractivity contribution in [1.82, 2.24) is 4.90 Å². The molecule has 1 heterocycles. The van der Waals surface area contributed by atoms with Crippen molar-refractivity contribution in [3.63, 3.8) is 0 Å². The lowest BCUT2D eigenvalue weighted by Gasteiger charge is -2.44. The average molecular weight is 400 g/mol. The van der Waals surface area contributed by atoms with E-state index in [-0.39, 0.29) is 12.6 Å². The van der Waals surface area contributed by atoms with Gasteiger partial charge in [0.25, 0.3) is 0 Å². The summed E-state index contributed by atoms with van der Waals surface area (Å²) in [6.45, 7) is 2.35. The maximum atomic E-state index is 13.6. The number of rotatable bonds is 5. The van der Waals surface area contributed by atoms with Gasteiger partial charge in [0.1, 0.15) is 18.0 Å². The van der Waals surface area contributed by atoms with Gasteiger partial charge in [0.15, 0.2) is 0 Å². The second-order valence-electron chi connectivity index (χ2n) is 7.25. The quantitative estimate of drug-likeness (QED) is 0.770. The van der Waals surface area contributed by atoms with E-state index in [0.717, 1.165) is 5.56 Å². The lowest BCUT2D eigenvalue weighted by atomic mass is 9.83. The van der Waals surface area contributed by atoms with Crippen LogP contribution in [0.1, 0.15) is 25.3 Å². The van der Waals surface area contributed by atoms with E-state index in [1.54, 1.807) is 17.0 Å². The van der Waals surface area contributed by atoms with E-state index in [1.807, 2.05) is 37.3 Å². The Hall–Kier alpha value is -3.09. The highest BCUT2D eigenvalue weighted by molar-refractivity contribution is 5.85. The second kappa shape index (κ2) is 8.94. The normalized spacial score (nSPS) is 21.3. The molecule has 0 radical (unpaired) electrons. The van der Waals surface area contributed by atoms with E-state index in [9.17, 15) is 14.0 Å². The first-order valence-corrected chi connectivity index (χ1v) is 9.53. The molecule has 2 aromatic carbocycles. The van der Waals surface area contributed by atoms with Crippen LogP contribution in [-0.2, 0) is 20.9 Å². The van der Waals surface area contributed by atoms with Crippen molar-refractivity contribution in [2.45, 2.75) is 38.0 Å². The van der Waals surface area contributed by atoms with Crippen LogP contribution in [0.2, 0.25) is 0 Å². The summed E-state index contributed by atoms with van der Waals surface area (Å²) in [5.41, 5.74) is 0.350. The van der Waals surface area contributed by atoms with Crippen molar-refractivity contribution >= 4 is 17.7 Å². The van der Waals surface area contributed by atoms with Crippen LogP contribution in [0.3, 0.4) is 0 Å². The number of anilines is 1. The molecule has 1 aliphatic heterocycles. The molecule has 1 fully saturated rings. The molecule has 154 valence electrons. The average Bonchev–Trinajstić information content (AvgIpc) is 2.72. The van der Waals surface area contributed by atoms with E-state index in [2.05, 4.69) is 5.32 Å². The van der Waals surface area contributed by atoms with Gasteiger partial charge in [-0.1, -0.05) is 36.4 Å². The van der Waals surface area contributed by atoms with Gasteiger partial charge in [-0.25, -0.2) is 14.0 Å². The van der Waals surface area contributed by atoms with Gasteiger partial charge in [0.2, 0.25) is 0 Å². The fraction of sp³-hybridized carbons (Fsp3) is 0.364. The monoisotopic (exact) mass is 400 g/mol. The SMILES string of the molecule is COC(=O)[C@@]1(Nc2cccc(F)c2)CCN(C(=O)OCc2ccccc2)[C@@H](C)C1. The maximum absolute atomic E-state index is 13.6. The van der Waals surface area contributed by atoms with Gasteiger partial charge in [-0.3, -0.25) is 0 Å². The second-order valence-corrected chi connectivity index (χ2v) is 7.25. The standard InChI is InChI=1S/C22H25FN2O4/c1-16-14-22(20(26)28-2,24-19-10-6-9-18(23)13-19)11-12-25(16)21(27)29-15-17-7-4-3-5-8-17/h3-10,13,16,24H,11-12,14-15H2,1-2H3/t16-,22+/m0/s1. The third-order valence-corrected chi connectivity index (χ3v) is 5.18. The first kappa shape index (κ1) is 20.6. The van der Waals surface area contributed by atoms with Crippen molar-refractivity contribution in [2.75, 3.05) is 19.0 Å². The maximum Gasteiger partial charge on any atom is 0.410 e. The van der Waals surface area contributed by atoms with Gasteiger partial charge in [-0.2, -0.15) is 0 Å². The summed E-state index contributed by atoms with van der Waals surface area (Å²) in [7, 11) is 1.32. The van der Waals surface area contributed by atoms with Crippen molar-refractivity contribution in [3.05, 3.63) is 66.0 Å². The summed E-state index contributed by atoms with van der Waals surface area (Å²) < 4.78 is 24.0. The molecule has 29 heavy (non-hydrogen) atoms. The zero-order valence-electron chi connectivity index (χ0n) is 16.6. The Bertz CT molecular complexity index is 861. The number of carbonyl (C=O) groups is 2. The van der Waals surface area contributed by atoms with Gasteiger partial charge in [0.05, 0.1) is 7.11 Å². The minimum Gasteiger partial charge on any atom is -0.467 e. The molecule has 0 bridgehead atoms. The molecule has 0 aromatic heterocycles. The third-order valence-electron chi connectivity index (χ3n) is 5.18. The Labute approximate surface area is 169 Å². The van der Waals surface area contributed by atoms with E-state index in [1.165, 1.54) is 19.2 Å². The molecule has 2 aromatic rings. The first-order valence-electron chi connectivity index (χ1n) is 9.53. The van der Waals surface area contributed by atoms with Gasteiger partial charge in [-0.15, -0.1) is 0 Å². The Morgan fingerprint density at radius 1 is 1.21 bits per heavy atom. The number of nitrogens with zero attached hydrogens (tertiary/aromatic N) is 1. The molecule has 1 saturated heterocycles. The molecule has 1 aliphatic rings. The Balaban J connectivity index is 1.68. The fourth-order valence-electron chi connectivity index (χ4n) is 3.71. The molecular weight excluding hydrogens is 375 g/mol. The van der Waals surface area contributed by atoms with Crippen LogP contribution in [0, 0.1) is 5.82 Å². The first-order chi connectivity index (χ1) is 13.9. The topological polar surface area (TPSA) is 67.9 Å². The Kier molecular flexibility index (Phi) is 6.36. The minimum atomic E-state index is -1.04. The number of piperidine rings is 1.